The van der Waals surface area contributed by atoms with E-state index >= 15 is 0 Å². The summed E-state index contributed by atoms with van der Waals surface area (Å²) in [7, 11) is 1.56. The van der Waals surface area contributed by atoms with Crippen LogP contribution in [0.25, 0.3) is 22.3 Å². The van der Waals surface area contributed by atoms with Crippen LogP contribution >= 0.6 is 0 Å². The number of pyridine rings is 1. The third kappa shape index (κ3) is 3.48. The largest absolute Gasteiger partial charge is 0.494 e. The van der Waals surface area contributed by atoms with Gasteiger partial charge in [0.25, 0.3) is 11.4 Å². The van der Waals surface area contributed by atoms with Crippen molar-refractivity contribution in [1.82, 2.24) is 25.0 Å². The van der Waals surface area contributed by atoms with E-state index in [1.54, 1.807) is 56.1 Å². The molecule has 0 aliphatic heterocycles. The van der Waals surface area contributed by atoms with Crippen molar-refractivity contribution in [2.75, 3.05) is 12.8 Å². The highest BCUT2D eigenvalue weighted by Crippen LogP contribution is 2.30. The zero-order valence-electron chi connectivity index (χ0n) is 16.8. The van der Waals surface area contributed by atoms with Gasteiger partial charge in [-0.3, -0.25) is 5.21 Å². The number of benzene rings is 1. The molecule has 3 aromatic heterocycles. The van der Waals surface area contributed by atoms with E-state index in [-0.39, 0.29) is 12.5 Å². The van der Waals surface area contributed by atoms with E-state index in [4.69, 9.17) is 10.5 Å². The Hall–Kier alpha value is -3.79. The molecule has 0 unspecified atom stereocenters. The Bertz CT molecular complexity index is 1230. The Morgan fingerprint density at radius 1 is 1.17 bits per heavy atom. The summed E-state index contributed by atoms with van der Waals surface area (Å²) in [4.78, 5) is 8.62. The third-order valence-corrected chi connectivity index (χ3v) is 4.70. The second kappa shape index (κ2) is 7.23. The maximum Gasteiger partial charge on any atom is 0.265 e. The quantitative estimate of drug-likeness (QED) is 0.332. The fourth-order valence-electron chi connectivity index (χ4n) is 3.28. The Morgan fingerprint density at radius 2 is 1.93 bits per heavy atom. The monoisotopic (exact) mass is 408 g/mol. The van der Waals surface area contributed by atoms with Gasteiger partial charge < -0.3 is 15.6 Å². The summed E-state index contributed by atoms with van der Waals surface area (Å²) in [5.74, 6) is 0.683. The van der Waals surface area contributed by atoms with E-state index in [9.17, 15) is 10.3 Å². The van der Waals surface area contributed by atoms with Gasteiger partial charge in [-0.05, 0) is 26.0 Å². The highest BCUT2D eigenvalue weighted by atomic mass is 16.5. The average molecular weight is 408 g/mol. The summed E-state index contributed by atoms with van der Waals surface area (Å²) < 4.78 is 7.90. The minimum absolute atomic E-state index is 0.0997. The van der Waals surface area contributed by atoms with E-state index in [0.717, 1.165) is 10.1 Å². The lowest BCUT2D eigenvalue weighted by Gasteiger charge is -2.13. The molecule has 0 atom stereocenters. The maximum absolute atomic E-state index is 10.5. The number of aliphatic hydroxyl groups is 1. The minimum Gasteiger partial charge on any atom is -0.494 e. The van der Waals surface area contributed by atoms with Crippen LogP contribution in [-0.2, 0) is 12.1 Å². The van der Waals surface area contributed by atoms with Gasteiger partial charge >= 0.3 is 0 Å². The summed E-state index contributed by atoms with van der Waals surface area (Å²) >= 11 is 0. The number of nitrogen functional groups attached to an aromatic ring is 1. The first-order valence-corrected chi connectivity index (χ1v) is 9.24. The molecule has 4 rings (SSSR count). The number of aromatic nitrogens is 6. The van der Waals surface area contributed by atoms with Crippen molar-refractivity contribution >= 4 is 16.9 Å². The lowest BCUT2D eigenvalue weighted by atomic mass is 10.0. The molecule has 3 heterocycles. The van der Waals surface area contributed by atoms with Crippen molar-refractivity contribution < 1.29 is 19.8 Å². The molecule has 154 valence electrons. The molecule has 4 N–H and O–H groups in total. The molecule has 30 heavy (non-hydrogen) atoms. The molecule has 0 saturated heterocycles. The number of hydrogen-bond donors (Lipinski definition) is 3. The van der Waals surface area contributed by atoms with Gasteiger partial charge in [0.15, 0.2) is 0 Å². The predicted octanol–water partition coefficient (Wildman–Crippen LogP) is 1.28. The van der Waals surface area contributed by atoms with Gasteiger partial charge in [0.2, 0.25) is 5.95 Å². The fourth-order valence-corrected chi connectivity index (χ4v) is 3.28. The lowest BCUT2D eigenvalue weighted by molar-refractivity contribution is -0.917. The molecule has 1 aromatic carbocycles. The van der Waals surface area contributed by atoms with Crippen LogP contribution < -0.4 is 15.2 Å². The molecule has 4 aromatic rings. The van der Waals surface area contributed by atoms with Crippen LogP contribution in [0.4, 0.5) is 5.95 Å². The number of methoxy groups -OCH3 is 1. The SMILES string of the molecule is COc1cccc2c(-c3cn(Cc4cccc(C(C)(C)O)[n+]4O)nn3)nc(N)nc12. The first-order chi connectivity index (χ1) is 14.3. The van der Waals surface area contributed by atoms with Crippen LogP contribution in [-0.4, -0.2) is 42.4 Å². The van der Waals surface area contributed by atoms with Crippen molar-refractivity contribution in [1.29, 1.82) is 0 Å². The molecule has 0 spiro atoms. The summed E-state index contributed by atoms with van der Waals surface area (Å²) in [5.41, 5.74) is 7.21. The van der Waals surface area contributed by atoms with E-state index in [0.29, 0.717) is 34.0 Å². The van der Waals surface area contributed by atoms with Crippen LogP contribution in [0.15, 0.2) is 42.6 Å². The van der Waals surface area contributed by atoms with Crippen LogP contribution in [0.3, 0.4) is 0 Å². The number of rotatable bonds is 5. The summed E-state index contributed by atoms with van der Waals surface area (Å²) in [6.07, 6.45) is 1.71. The molecular formula is C20H22N7O3+. The topological polar surface area (TPSA) is 136 Å². The molecule has 0 radical (unpaired) electrons. The van der Waals surface area contributed by atoms with Gasteiger partial charge in [0.1, 0.15) is 34.8 Å². The molecule has 0 aliphatic carbocycles. The highest BCUT2D eigenvalue weighted by molar-refractivity contribution is 5.95. The van der Waals surface area contributed by atoms with Crippen LogP contribution in [0.2, 0.25) is 0 Å². The van der Waals surface area contributed by atoms with E-state index < -0.39 is 5.60 Å². The van der Waals surface area contributed by atoms with E-state index in [1.807, 2.05) is 12.1 Å². The summed E-state index contributed by atoms with van der Waals surface area (Å²) in [6, 6.07) is 10.6. The van der Waals surface area contributed by atoms with Gasteiger partial charge in [-0.1, -0.05) is 17.3 Å². The average Bonchev–Trinajstić information content (AvgIpc) is 3.16. The van der Waals surface area contributed by atoms with Gasteiger partial charge in [0, 0.05) is 22.2 Å². The Kier molecular flexibility index (Phi) is 4.70. The first kappa shape index (κ1) is 19.5. The second-order valence-corrected chi connectivity index (χ2v) is 7.36. The fraction of sp³-hybridized carbons (Fsp3) is 0.250. The third-order valence-electron chi connectivity index (χ3n) is 4.70. The summed E-state index contributed by atoms with van der Waals surface area (Å²) in [6.45, 7) is 3.44. The molecule has 0 aliphatic rings. The number of hydrogen-bond acceptors (Lipinski definition) is 8. The second-order valence-electron chi connectivity index (χ2n) is 7.36. The van der Waals surface area contributed by atoms with Crippen molar-refractivity contribution in [2.24, 2.45) is 0 Å². The number of nitrogens with two attached hydrogens (primary N) is 1. The number of anilines is 1. The molecule has 0 fully saturated rings. The molecule has 10 heteroatoms. The standard InChI is InChI=1S/C20H22N7O3/c1-20(2,28)16-9-4-6-12(27(16)29)10-26-11-14(24-25-26)17-13-7-5-8-15(30-3)18(13)23-19(21)22-17/h4-9,11,28-29H,10H2,1-3H3,(H2,21,22,23)/q+1. The molecular weight excluding hydrogens is 386 g/mol. The zero-order valence-corrected chi connectivity index (χ0v) is 16.8. The Labute approximate surface area is 172 Å². The summed E-state index contributed by atoms with van der Waals surface area (Å²) in [5, 5.41) is 29.8. The van der Waals surface area contributed by atoms with E-state index in [1.165, 1.54) is 0 Å². The lowest BCUT2D eigenvalue weighted by Crippen LogP contribution is -2.45. The molecule has 10 nitrogen and oxygen atoms in total. The maximum atomic E-state index is 10.5. The van der Waals surface area contributed by atoms with Gasteiger partial charge in [-0.2, -0.15) is 0 Å². The van der Waals surface area contributed by atoms with Crippen LogP contribution in [0.1, 0.15) is 25.2 Å². The van der Waals surface area contributed by atoms with Gasteiger partial charge in [-0.15, -0.1) is 5.10 Å². The number of ether oxygens (including phenoxy) is 1. The number of nitrogens with zero attached hydrogens (tertiary/aromatic N) is 6. The van der Waals surface area contributed by atoms with Crippen molar-refractivity contribution in [2.45, 2.75) is 26.0 Å². The first-order valence-electron chi connectivity index (χ1n) is 9.24. The number of para-hydroxylation sites is 1. The molecule has 0 bridgehead atoms. The highest BCUT2D eigenvalue weighted by Gasteiger charge is 2.30. The van der Waals surface area contributed by atoms with E-state index in [2.05, 4.69) is 20.3 Å². The normalized spacial score (nSPS) is 11.7. The van der Waals surface area contributed by atoms with Crippen LogP contribution in [0.5, 0.6) is 5.75 Å². The van der Waals surface area contributed by atoms with Crippen LogP contribution in [0, 0.1) is 0 Å². The van der Waals surface area contributed by atoms with Crippen molar-refractivity contribution in [3.8, 4) is 17.1 Å². The minimum atomic E-state index is -1.20. The smallest absolute Gasteiger partial charge is 0.265 e. The zero-order chi connectivity index (χ0) is 21.5. The predicted molar refractivity (Wildman–Crippen MR) is 108 cm³/mol. The van der Waals surface area contributed by atoms with Crippen molar-refractivity contribution in [3.63, 3.8) is 0 Å². The Morgan fingerprint density at radius 3 is 2.67 bits per heavy atom. The molecule has 0 saturated carbocycles. The Balaban J connectivity index is 1.73. The van der Waals surface area contributed by atoms with Gasteiger partial charge in [-0.25, -0.2) is 14.6 Å². The number of fused-ring (bicyclic) bond motifs is 1. The van der Waals surface area contributed by atoms with Crippen molar-refractivity contribution in [3.05, 3.63) is 54.0 Å². The van der Waals surface area contributed by atoms with Gasteiger partial charge in [0.05, 0.1) is 13.3 Å². The molecule has 0 amide bonds.